The Morgan fingerprint density at radius 2 is 1.60 bits per heavy atom. The molecule has 1 N–H and O–H groups in total. The van der Waals surface area contributed by atoms with Gasteiger partial charge in [0.2, 0.25) is 11.8 Å². The fourth-order valence-electron chi connectivity index (χ4n) is 3.17. The molecular weight excluding hydrogens is 383 g/mol. The number of nitrogens with zero attached hydrogens (tertiary/aromatic N) is 1. The molecule has 2 amide bonds. The van der Waals surface area contributed by atoms with E-state index >= 15 is 0 Å². The zero-order valence-electron chi connectivity index (χ0n) is 18.2. The standard InChI is InChI=1S/C24H31FN2O3/c1-5-17(3)26-24(29)22(6-2)27(16-19-7-11-20(25)12-8-19)23(28)15-18-9-13-21(30-4)14-10-18/h7-14,17,22H,5-6,15-16H2,1-4H3,(H,26,29)/t17-,22-/m0/s1. The number of ether oxygens (including phenoxy) is 1. The number of halogens is 1. The van der Waals surface area contributed by atoms with Crippen molar-refractivity contribution < 1.29 is 18.7 Å². The van der Waals surface area contributed by atoms with E-state index in [1.54, 1.807) is 36.3 Å². The molecule has 0 bridgehead atoms. The van der Waals surface area contributed by atoms with Crippen molar-refractivity contribution in [1.29, 1.82) is 0 Å². The predicted molar refractivity (Wildman–Crippen MR) is 116 cm³/mol. The maximum atomic E-state index is 13.3. The van der Waals surface area contributed by atoms with Crippen molar-refractivity contribution in [3.8, 4) is 5.75 Å². The van der Waals surface area contributed by atoms with Crippen molar-refractivity contribution in [1.82, 2.24) is 10.2 Å². The molecule has 6 heteroatoms. The predicted octanol–water partition coefficient (Wildman–Crippen LogP) is 4.10. The van der Waals surface area contributed by atoms with Crippen LogP contribution < -0.4 is 10.1 Å². The molecule has 0 radical (unpaired) electrons. The fraction of sp³-hybridized carbons (Fsp3) is 0.417. The second kappa shape index (κ2) is 11.3. The Kier molecular flexibility index (Phi) is 8.84. The molecule has 0 unspecified atom stereocenters. The van der Waals surface area contributed by atoms with Crippen LogP contribution in [0.3, 0.4) is 0 Å². The summed E-state index contributed by atoms with van der Waals surface area (Å²) in [5, 5.41) is 2.98. The van der Waals surface area contributed by atoms with Crippen LogP contribution in [-0.4, -0.2) is 35.9 Å². The van der Waals surface area contributed by atoms with Gasteiger partial charge in [0.25, 0.3) is 0 Å². The first-order valence-electron chi connectivity index (χ1n) is 10.3. The smallest absolute Gasteiger partial charge is 0.243 e. The van der Waals surface area contributed by atoms with E-state index in [0.29, 0.717) is 12.2 Å². The molecule has 162 valence electrons. The van der Waals surface area contributed by atoms with Gasteiger partial charge in [-0.25, -0.2) is 4.39 Å². The largest absolute Gasteiger partial charge is 0.497 e. The minimum absolute atomic E-state index is 0.0240. The summed E-state index contributed by atoms with van der Waals surface area (Å²) in [6.07, 6.45) is 1.45. The second-order valence-corrected chi connectivity index (χ2v) is 7.41. The SMILES string of the molecule is CC[C@H](C)NC(=O)[C@H](CC)N(Cc1ccc(F)cc1)C(=O)Cc1ccc(OC)cc1. The molecule has 0 heterocycles. The quantitative estimate of drug-likeness (QED) is 0.637. The summed E-state index contributed by atoms with van der Waals surface area (Å²) in [5.74, 6) is 0.0535. The molecular formula is C24H31FN2O3. The van der Waals surface area contributed by atoms with Gasteiger partial charge in [-0.15, -0.1) is 0 Å². The molecule has 0 aliphatic heterocycles. The highest BCUT2D eigenvalue weighted by Gasteiger charge is 2.29. The average Bonchev–Trinajstić information content (AvgIpc) is 2.75. The summed E-state index contributed by atoms with van der Waals surface area (Å²) in [4.78, 5) is 27.7. The van der Waals surface area contributed by atoms with Gasteiger partial charge in [0.15, 0.2) is 0 Å². The van der Waals surface area contributed by atoms with Crippen molar-refractivity contribution in [3.05, 3.63) is 65.5 Å². The van der Waals surface area contributed by atoms with Crippen molar-refractivity contribution in [2.45, 2.75) is 58.7 Å². The van der Waals surface area contributed by atoms with Gasteiger partial charge in [0.05, 0.1) is 13.5 Å². The van der Waals surface area contributed by atoms with Crippen molar-refractivity contribution >= 4 is 11.8 Å². The molecule has 0 fully saturated rings. The second-order valence-electron chi connectivity index (χ2n) is 7.41. The Morgan fingerprint density at radius 3 is 2.13 bits per heavy atom. The Morgan fingerprint density at radius 1 is 1.00 bits per heavy atom. The van der Waals surface area contributed by atoms with Gasteiger partial charge >= 0.3 is 0 Å². The van der Waals surface area contributed by atoms with Crippen LogP contribution in [0.1, 0.15) is 44.7 Å². The average molecular weight is 415 g/mol. The minimum Gasteiger partial charge on any atom is -0.497 e. The van der Waals surface area contributed by atoms with Crippen LogP contribution in [0.2, 0.25) is 0 Å². The lowest BCUT2D eigenvalue weighted by molar-refractivity contribution is -0.141. The normalized spacial score (nSPS) is 12.7. The fourth-order valence-corrected chi connectivity index (χ4v) is 3.17. The maximum Gasteiger partial charge on any atom is 0.243 e. The van der Waals surface area contributed by atoms with E-state index < -0.39 is 6.04 Å². The highest BCUT2D eigenvalue weighted by molar-refractivity contribution is 5.88. The van der Waals surface area contributed by atoms with Crippen LogP contribution >= 0.6 is 0 Å². The first-order chi connectivity index (χ1) is 14.4. The number of rotatable bonds is 10. The molecule has 0 aromatic heterocycles. The third-order valence-corrected chi connectivity index (χ3v) is 5.17. The highest BCUT2D eigenvalue weighted by Crippen LogP contribution is 2.17. The van der Waals surface area contributed by atoms with Crippen LogP contribution in [0.15, 0.2) is 48.5 Å². The van der Waals surface area contributed by atoms with Crippen LogP contribution in [0.4, 0.5) is 4.39 Å². The lowest BCUT2D eigenvalue weighted by atomic mass is 10.1. The lowest BCUT2D eigenvalue weighted by Gasteiger charge is -2.31. The zero-order valence-corrected chi connectivity index (χ0v) is 18.2. The van der Waals surface area contributed by atoms with E-state index in [9.17, 15) is 14.0 Å². The summed E-state index contributed by atoms with van der Waals surface area (Å²) < 4.78 is 18.5. The van der Waals surface area contributed by atoms with Crippen molar-refractivity contribution in [2.24, 2.45) is 0 Å². The first kappa shape index (κ1) is 23.4. The van der Waals surface area contributed by atoms with Crippen LogP contribution in [0.5, 0.6) is 5.75 Å². The third-order valence-electron chi connectivity index (χ3n) is 5.17. The number of carbonyl (C=O) groups is 2. The molecule has 30 heavy (non-hydrogen) atoms. The molecule has 0 aliphatic carbocycles. The number of hydrogen-bond acceptors (Lipinski definition) is 3. The number of benzene rings is 2. The van der Waals surface area contributed by atoms with Gasteiger partial charge in [0.1, 0.15) is 17.6 Å². The number of methoxy groups -OCH3 is 1. The van der Waals surface area contributed by atoms with Crippen LogP contribution in [0.25, 0.3) is 0 Å². The van der Waals surface area contributed by atoms with Gasteiger partial charge < -0.3 is 15.0 Å². The molecule has 0 aliphatic rings. The lowest BCUT2D eigenvalue weighted by Crippen LogP contribution is -2.51. The summed E-state index contributed by atoms with van der Waals surface area (Å²) >= 11 is 0. The van der Waals surface area contributed by atoms with E-state index in [4.69, 9.17) is 4.74 Å². The Labute approximate surface area is 178 Å². The van der Waals surface area contributed by atoms with E-state index in [0.717, 1.165) is 17.5 Å². The number of carbonyl (C=O) groups excluding carboxylic acids is 2. The summed E-state index contributed by atoms with van der Waals surface area (Å²) in [6.45, 7) is 6.06. The molecule has 2 rings (SSSR count). The van der Waals surface area contributed by atoms with Gasteiger partial charge in [-0.2, -0.15) is 0 Å². The molecule has 2 aromatic rings. The van der Waals surface area contributed by atoms with Crippen molar-refractivity contribution in [2.75, 3.05) is 7.11 Å². The Balaban J connectivity index is 2.26. The molecule has 0 spiro atoms. The molecule has 0 saturated heterocycles. The number of hydrogen-bond donors (Lipinski definition) is 1. The Bertz CT molecular complexity index is 821. The van der Waals surface area contributed by atoms with Crippen LogP contribution in [-0.2, 0) is 22.6 Å². The van der Waals surface area contributed by atoms with Gasteiger partial charge in [-0.1, -0.05) is 38.1 Å². The molecule has 2 atom stereocenters. The molecule has 5 nitrogen and oxygen atoms in total. The minimum atomic E-state index is -0.602. The molecule has 0 saturated carbocycles. The summed E-state index contributed by atoms with van der Waals surface area (Å²) in [5.41, 5.74) is 1.61. The topological polar surface area (TPSA) is 58.6 Å². The molecule has 2 aromatic carbocycles. The summed E-state index contributed by atoms with van der Waals surface area (Å²) in [6, 6.07) is 12.7. The first-order valence-corrected chi connectivity index (χ1v) is 10.3. The van der Waals surface area contributed by atoms with Gasteiger partial charge in [0, 0.05) is 12.6 Å². The van der Waals surface area contributed by atoms with E-state index in [1.165, 1.54) is 12.1 Å². The van der Waals surface area contributed by atoms with E-state index in [1.807, 2.05) is 32.9 Å². The monoisotopic (exact) mass is 414 g/mol. The van der Waals surface area contributed by atoms with Gasteiger partial charge in [-0.3, -0.25) is 9.59 Å². The van der Waals surface area contributed by atoms with E-state index in [-0.39, 0.29) is 36.6 Å². The van der Waals surface area contributed by atoms with Gasteiger partial charge in [-0.05, 0) is 55.2 Å². The Hall–Kier alpha value is -2.89. The number of nitrogens with one attached hydrogen (secondary N) is 1. The third kappa shape index (κ3) is 6.58. The maximum absolute atomic E-state index is 13.3. The number of amides is 2. The zero-order chi connectivity index (χ0) is 22.1. The summed E-state index contributed by atoms with van der Waals surface area (Å²) in [7, 11) is 1.59. The van der Waals surface area contributed by atoms with E-state index in [2.05, 4.69) is 5.32 Å². The highest BCUT2D eigenvalue weighted by atomic mass is 19.1. The van der Waals surface area contributed by atoms with Crippen LogP contribution in [0, 0.1) is 5.82 Å². The van der Waals surface area contributed by atoms with Crippen molar-refractivity contribution in [3.63, 3.8) is 0 Å².